The number of hydrogen-bond donors (Lipinski definition) is 0. The number of fused-ring (bicyclic) bond motifs is 1. The van der Waals surface area contributed by atoms with Crippen LogP contribution in [0.5, 0.6) is 0 Å². The van der Waals surface area contributed by atoms with Gasteiger partial charge in [0.15, 0.2) is 5.16 Å². The molecule has 0 saturated carbocycles. The van der Waals surface area contributed by atoms with Crippen molar-refractivity contribution in [3.05, 3.63) is 89.2 Å². The van der Waals surface area contributed by atoms with Crippen LogP contribution in [0.15, 0.2) is 72.1 Å². The smallest absolute Gasteiger partial charge is 0.253 e. The lowest BCUT2D eigenvalue weighted by atomic mass is 10.1. The summed E-state index contributed by atoms with van der Waals surface area (Å²) in [6.45, 7) is 9.53. The number of aryl methyl sites for hydroxylation is 1. The van der Waals surface area contributed by atoms with E-state index in [2.05, 4.69) is 64.7 Å². The van der Waals surface area contributed by atoms with Crippen LogP contribution in [-0.2, 0) is 12.3 Å². The minimum atomic E-state index is 0.124. The van der Waals surface area contributed by atoms with Gasteiger partial charge >= 0.3 is 0 Å². The molecule has 1 saturated heterocycles. The largest absolute Gasteiger partial charge is 0.336 e. The minimum absolute atomic E-state index is 0.124. The summed E-state index contributed by atoms with van der Waals surface area (Å²) in [5.74, 6) is 0.987. The van der Waals surface area contributed by atoms with Crippen LogP contribution in [0.2, 0.25) is 0 Å². The number of aromatic nitrogens is 3. The van der Waals surface area contributed by atoms with E-state index in [0.29, 0.717) is 6.54 Å². The molecule has 1 aliphatic heterocycles. The molecule has 4 aromatic rings. The summed E-state index contributed by atoms with van der Waals surface area (Å²) in [6, 6.07) is 18.5. The highest BCUT2D eigenvalue weighted by Crippen LogP contribution is 2.28. The Bertz CT molecular complexity index is 1310. The van der Waals surface area contributed by atoms with E-state index in [1.54, 1.807) is 18.0 Å². The zero-order valence-electron chi connectivity index (χ0n) is 20.4. The molecule has 2 aromatic carbocycles. The average molecular weight is 486 g/mol. The maximum Gasteiger partial charge on any atom is 0.253 e. The first kappa shape index (κ1) is 23.6. The summed E-state index contributed by atoms with van der Waals surface area (Å²) in [6.07, 6.45) is 3.67. The predicted octanol–water partition coefficient (Wildman–Crippen LogP) is 4.86. The van der Waals surface area contributed by atoms with Gasteiger partial charge in [-0.15, -0.1) is 0 Å². The number of likely N-dealkylation sites (N-methyl/N-ethyl adjacent to an activating group) is 1. The van der Waals surface area contributed by atoms with Gasteiger partial charge in [0.25, 0.3) is 5.91 Å². The monoisotopic (exact) mass is 485 g/mol. The molecule has 0 spiro atoms. The maximum absolute atomic E-state index is 13.0. The molecule has 6 nitrogen and oxygen atoms in total. The van der Waals surface area contributed by atoms with E-state index in [9.17, 15) is 4.79 Å². The Labute approximate surface area is 211 Å². The highest BCUT2D eigenvalue weighted by molar-refractivity contribution is 7.98. The van der Waals surface area contributed by atoms with E-state index in [1.165, 1.54) is 11.1 Å². The van der Waals surface area contributed by atoms with E-state index in [1.807, 2.05) is 29.3 Å². The minimum Gasteiger partial charge on any atom is -0.336 e. The van der Waals surface area contributed by atoms with Gasteiger partial charge in [0.1, 0.15) is 0 Å². The summed E-state index contributed by atoms with van der Waals surface area (Å²) in [5.41, 5.74) is 6.47. The predicted molar refractivity (Wildman–Crippen MR) is 142 cm³/mol. The van der Waals surface area contributed by atoms with Gasteiger partial charge in [0, 0.05) is 43.7 Å². The van der Waals surface area contributed by atoms with Crippen molar-refractivity contribution in [1.82, 2.24) is 24.3 Å². The highest BCUT2D eigenvalue weighted by atomic mass is 32.2. The SMILES string of the molecule is CCN1CCN(C(=O)c2ccc(Cn3c(SCc4ccccc4C)nc4ccncc43)cc2)CC1. The van der Waals surface area contributed by atoms with Crippen LogP contribution < -0.4 is 0 Å². The van der Waals surface area contributed by atoms with Gasteiger partial charge in [0.05, 0.1) is 23.8 Å². The first-order valence-corrected chi connectivity index (χ1v) is 13.2. The molecule has 0 atom stereocenters. The Balaban J connectivity index is 1.33. The second kappa shape index (κ2) is 10.6. The number of carbonyl (C=O) groups is 1. The number of pyridine rings is 1. The Morgan fingerprint density at radius 3 is 2.51 bits per heavy atom. The highest BCUT2D eigenvalue weighted by Gasteiger charge is 2.21. The Morgan fingerprint density at radius 1 is 1.00 bits per heavy atom. The van der Waals surface area contributed by atoms with Gasteiger partial charge in [-0.3, -0.25) is 9.78 Å². The fourth-order valence-electron chi connectivity index (χ4n) is 4.51. The van der Waals surface area contributed by atoms with Crippen molar-refractivity contribution in [1.29, 1.82) is 0 Å². The summed E-state index contributed by atoms with van der Waals surface area (Å²) >= 11 is 1.75. The van der Waals surface area contributed by atoms with Crippen LogP contribution in [0.25, 0.3) is 11.0 Å². The van der Waals surface area contributed by atoms with Gasteiger partial charge in [-0.25, -0.2) is 4.98 Å². The molecule has 0 aliphatic carbocycles. The molecule has 0 N–H and O–H groups in total. The molecule has 180 valence electrons. The lowest BCUT2D eigenvalue weighted by molar-refractivity contribution is 0.0643. The molecule has 0 radical (unpaired) electrons. The molecule has 7 heteroatoms. The van der Waals surface area contributed by atoms with Crippen molar-refractivity contribution in [2.45, 2.75) is 31.3 Å². The second-order valence-electron chi connectivity index (χ2n) is 8.98. The molecule has 1 amide bonds. The molecule has 1 fully saturated rings. The number of nitrogens with zero attached hydrogens (tertiary/aromatic N) is 5. The van der Waals surface area contributed by atoms with E-state index in [-0.39, 0.29) is 5.91 Å². The number of benzene rings is 2. The summed E-state index contributed by atoms with van der Waals surface area (Å²) in [4.78, 5) is 26.6. The van der Waals surface area contributed by atoms with Crippen LogP contribution >= 0.6 is 11.8 Å². The number of carbonyl (C=O) groups excluding carboxylic acids is 1. The molecule has 2 aromatic heterocycles. The normalized spacial score (nSPS) is 14.5. The van der Waals surface area contributed by atoms with E-state index < -0.39 is 0 Å². The van der Waals surface area contributed by atoms with Crippen molar-refractivity contribution in [3.63, 3.8) is 0 Å². The lowest BCUT2D eigenvalue weighted by Gasteiger charge is -2.34. The molecule has 0 unspecified atom stereocenters. The van der Waals surface area contributed by atoms with Gasteiger partial charge in [-0.05, 0) is 48.4 Å². The standard InChI is InChI=1S/C28H31N5OS/c1-3-31-14-16-32(17-15-31)27(34)23-10-8-22(9-11-23)19-33-26-18-29-13-12-25(26)30-28(33)35-20-24-7-5-4-6-21(24)2/h4-13,18H,3,14-17,19-20H2,1-2H3. The first-order valence-electron chi connectivity index (χ1n) is 12.2. The fourth-order valence-corrected chi connectivity index (χ4v) is 5.60. The average Bonchev–Trinajstić information content (AvgIpc) is 3.25. The van der Waals surface area contributed by atoms with Crippen LogP contribution in [0.4, 0.5) is 0 Å². The molecular formula is C28H31N5OS. The summed E-state index contributed by atoms with van der Waals surface area (Å²) < 4.78 is 2.23. The van der Waals surface area contributed by atoms with Crippen LogP contribution in [0.1, 0.15) is 34.0 Å². The first-order chi connectivity index (χ1) is 17.1. The Hall–Kier alpha value is -3.16. The Morgan fingerprint density at radius 2 is 1.77 bits per heavy atom. The fraction of sp³-hybridized carbons (Fsp3) is 0.321. The second-order valence-corrected chi connectivity index (χ2v) is 9.93. The number of amides is 1. The van der Waals surface area contributed by atoms with Gasteiger partial charge in [-0.1, -0.05) is 55.1 Å². The summed E-state index contributed by atoms with van der Waals surface area (Å²) in [5, 5.41) is 0.977. The third kappa shape index (κ3) is 5.26. The lowest BCUT2D eigenvalue weighted by Crippen LogP contribution is -2.48. The van der Waals surface area contributed by atoms with E-state index in [4.69, 9.17) is 4.98 Å². The zero-order chi connectivity index (χ0) is 24.2. The van der Waals surface area contributed by atoms with Crippen LogP contribution in [-0.4, -0.2) is 63.0 Å². The molecule has 35 heavy (non-hydrogen) atoms. The van der Waals surface area contributed by atoms with Crippen molar-refractivity contribution in [3.8, 4) is 0 Å². The topological polar surface area (TPSA) is 54.3 Å². The van der Waals surface area contributed by atoms with Gasteiger partial charge < -0.3 is 14.4 Å². The van der Waals surface area contributed by atoms with Crippen molar-refractivity contribution < 1.29 is 4.79 Å². The van der Waals surface area contributed by atoms with Crippen molar-refractivity contribution in [2.75, 3.05) is 32.7 Å². The number of hydrogen-bond acceptors (Lipinski definition) is 5. The van der Waals surface area contributed by atoms with Crippen LogP contribution in [0, 0.1) is 6.92 Å². The van der Waals surface area contributed by atoms with Gasteiger partial charge in [0.2, 0.25) is 0 Å². The molecule has 3 heterocycles. The van der Waals surface area contributed by atoms with Gasteiger partial charge in [-0.2, -0.15) is 0 Å². The molecular weight excluding hydrogens is 454 g/mol. The number of imidazole rings is 1. The number of rotatable bonds is 7. The third-order valence-corrected chi connectivity index (χ3v) is 7.81. The van der Waals surface area contributed by atoms with E-state index >= 15 is 0 Å². The number of piperazine rings is 1. The molecule has 0 bridgehead atoms. The maximum atomic E-state index is 13.0. The zero-order valence-corrected chi connectivity index (χ0v) is 21.2. The summed E-state index contributed by atoms with van der Waals surface area (Å²) in [7, 11) is 0. The third-order valence-electron chi connectivity index (χ3n) is 6.78. The van der Waals surface area contributed by atoms with E-state index in [0.717, 1.165) is 65.8 Å². The molecule has 5 rings (SSSR count). The Kier molecular flexibility index (Phi) is 7.16. The van der Waals surface area contributed by atoms with Crippen molar-refractivity contribution in [2.24, 2.45) is 0 Å². The van der Waals surface area contributed by atoms with Crippen LogP contribution in [0.3, 0.4) is 0 Å². The number of thioether (sulfide) groups is 1. The quantitative estimate of drug-likeness (QED) is 0.350. The van der Waals surface area contributed by atoms with Crippen molar-refractivity contribution >= 4 is 28.7 Å². The molecule has 1 aliphatic rings.